The summed E-state index contributed by atoms with van der Waals surface area (Å²) in [5, 5.41) is 3.08. The highest BCUT2D eigenvalue weighted by Crippen LogP contribution is 2.35. The Labute approximate surface area is 205 Å². The lowest BCUT2D eigenvalue weighted by atomic mass is 9.85. The fourth-order valence-corrected chi connectivity index (χ4v) is 5.86. The largest absolute Gasteiger partial charge is 0.768 e. The second-order valence-corrected chi connectivity index (χ2v) is 11.9. The van der Waals surface area contributed by atoms with Crippen LogP contribution in [0, 0.1) is 18.8 Å². The number of hydrogen-bond donors (Lipinski definition) is 1. The van der Waals surface area contributed by atoms with E-state index in [9.17, 15) is 13.6 Å². The first-order chi connectivity index (χ1) is 16.1. The monoisotopic (exact) mass is 485 g/mol. The highest BCUT2D eigenvalue weighted by atomic mass is 32.2. The van der Waals surface area contributed by atoms with Crippen LogP contribution < -0.4 is 5.32 Å². The van der Waals surface area contributed by atoms with Gasteiger partial charge in [0.25, 0.3) is 5.91 Å². The van der Waals surface area contributed by atoms with Crippen LogP contribution in [0.4, 0.5) is 0 Å². The van der Waals surface area contributed by atoms with Crippen molar-refractivity contribution in [2.45, 2.75) is 76.7 Å². The smallest absolute Gasteiger partial charge is 0.253 e. The van der Waals surface area contributed by atoms with Crippen molar-refractivity contribution in [3.63, 3.8) is 0 Å². The number of nitrogens with one attached hydrogen (secondary N) is 1. The first-order valence-corrected chi connectivity index (χ1v) is 13.5. The number of rotatable bonds is 7. The summed E-state index contributed by atoms with van der Waals surface area (Å²) >= 11 is -2.30. The van der Waals surface area contributed by atoms with Crippen LogP contribution in [0.3, 0.4) is 0 Å². The Bertz CT molecular complexity index is 1060. The fraction of sp³-hybridized carbons (Fsp3) is 0.593. The summed E-state index contributed by atoms with van der Waals surface area (Å²) < 4.78 is 31.3. The molecule has 2 aliphatic rings. The van der Waals surface area contributed by atoms with E-state index in [1.54, 1.807) is 6.07 Å². The molecule has 1 aliphatic carbocycles. The Morgan fingerprint density at radius 2 is 1.85 bits per heavy atom. The molecule has 1 aromatic heterocycles. The lowest BCUT2D eigenvalue weighted by Gasteiger charge is -2.26. The van der Waals surface area contributed by atoms with Gasteiger partial charge in [-0.1, -0.05) is 46.1 Å². The SMILES string of the molecule is Cc1c(C(=O)NCC2COC2)cc(-c2ccc(S(=O)[O-])c(C(C)(C)C)c2)n1CC1CCCCC1. The highest BCUT2D eigenvalue weighted by Gasteiger charge is 2.25. The Hall–Kier alpha value is -1.96. The Morgan fingerprint density at radius 1 is 1.15 bits per heavy atom. The van der Waals surface area contributed by atoms with Crippen LogP contribution in [0.15, 0.2) is 29.2 Å². The average molecular weight is 486 g/mol. The molecule has 2 fully saturated rings. The second kappa shape index (κ2) is 10.3. The summed E-state index contributed by atoms with van der Waals surface area (Å²) in [5.41, 5.74) is 4.05. The number of hydrogen-bond acceptors (Lipinski definition) is 4. The highest BCUT2D eigenvalue weighted by molar-refractivity contribution is 7.79. The lowest BCUT2D eigenvalue weighted by molar-refractivity contribution is -0.0298. The molecule has 1 saturated carbocycles. The number of benzene rings is 1. The van der Waals surface area contributed by atoms with E-state index < -0.39 is 11.1 Å². The van der Waals surface area contributed by atoms with Crippen molar-refractivity contribution in [1.82, 2.24) is 9.88 Å². The van der Waals surface area contributed by atoms with Crippen LogP contribution in [0.25, 0.3) is 11.3 Å². The van der Waals surface area contributed by atoms with Crippen molar-refractivity contribution in [2.75, 3.05) is 19.8 Å². The van der Waals surface area contributed by atoms with Gasteiger partial charge in [0.2, 0.25) is 0 Å². The minimum absolute atomic E-state index is 0.0543. The molecule has 0 spiro atoms. The quantitative estimate of drug-likeness (QED) is 0.562. The van der Waals surface area contributed by atoms with Crippen molar-refractivity contribution >= 4 is 17.0 Å². The average Bonchev–Trinajstić information content (AvgIpc) is 3.08. The molecule has 34 heavy (non-hydrogen) atoms. The van der Waals surface area contributed by atoms with E-state index in [2.05, 4.69) is 9.88 Å². The summed E-state index contributed by atoms with van der Waals surface area (Å²) in [6, 6.07) is 7.55. The molecule has 1 N–H and O–H groups in total. The molecule has 6 nitrogen and oxygen atoms in total. The van der Waals surface area contributed by atoms with Crippen molar-refractivity contribution in [1.29, 1.82) is 0 Å². The second-order valence-electron chi connectivity index (χ2n) is 11.0. The van der Waals surface area contributed by atoms with Crippen LogP contribution in [-0.2, 0) is 27.8 Å². The van der Waals surface area contributed by atoms with Gasteiger partial charge < -0.3 is 19.2 Å². The molecule has 7 heteroatoms. The number of amides is 1. The first-order valence-electron chi connectivity index (χ1n) is 12.5. The molecule has 2 heterocycles. The van der Waals surface area contributed by atoms with Gasteiger partial charge >= 0.3 is 0 Å². The van der Waals surface area contributed by atoms with Gasteiger partial charge in [-0.2, -0.15) is 0 Å². The Kier molecular flexibility index (Phi) is 7.65. The van der Waals surface area contributed by atoms with Crippen molar-refractivity contribution in [3.8, 4) is 11.3 Å². The summed E-state index contributed by atoms with van der Waals surface area (Å²) in [6.45, 7) is 11.0. The molecule has 1 saturated heterocycles. The zero-order valence-electron chi connectivity index (χ0n) is 20.8. The number of aromatic nitrogens is 1. The third-order valence-electron chi connectivity index (χ3n) is 7.30. The summed E-state index contributed by atoms with van der Waals surface area (Å²) in [5.74, 6) is 0.932. The van der Waals surface area contributed by atoms with E-state index in [4.69, 9.17) is 4.74 Å². The maximum atomic E-state index is 13.1. The molecule has 1 unspecified atom stereocenters. The van der Waals surface area contributed by atoms with Gasteiger partial charge in [-0.3, -0.25) is 9.00 Å². The van der Waals surface area contributed by atoms with E-state index >= 15 is 0 Å². The van der Waals surface area contributed by atoms with E-state index in [0.29, 0.717) is 42.1 Å². The standard InChI is InChI=1S/C27H38N2O4S/c1-18-22(26(30)28-14-20-16-33-17-20)13-24(29(18)15-19-8-6-5-7-9-19)21-10-11-25(34(31)32)23(12-21)27(2,3)4/h10-13,19-20H,5-9,14-17H2,1-4H3,(H,28,30)(H,31,32)/p-1. The van der Waals surface area contributed by atoms with Crippen LogP contribution >= 0.6 is 0 Å². The predicted molar refractivity (Wildman–Crippen MR) is 134 cm³/mol. The van der Waals surface area contributed by atoms with Crippen LogP contribution in [0.1, 0.15) is 74.5 Å². The van der Waals surface area contributed by atoms with Crippen LogP contribution in [0.2, 0.25) is 0 Å². The van der Waals surface area contributed by atoms with E-state index in [-0.39, 0.29) is 11.3 Å². The Balaban J connectivity index is 1.73. The molecular weight excluding hydrogens is 448 g/mol. The van der Waals surface area contributed by atoms with E-state index in [1.165, 1.54) is 32.1 Å². The molecule has 1 amide bonds. The molecule has 0 bridgehead atoms. The topological polar surface area (TPSA) is 83.4 Å². The van der Waals surface area contributed by atoms with Gasteiger partial charge in [-0.15, -0.1) is 0 Å². The number of nitrogens with zero attached hydrogens (tertiary/aromatic N) is 1. The molecule has 4 rings (SSSR count). The molecule has 0 radical (unpaired) electrons. The van der Waals surface area contributed by atoms with Crippen molar-refractivity contribution < 1.29 is 18.3 Å². The molecule has 1 aromatic carbocycles. The van der Waals surface area contributed by atoms with Gasteiger partial charge in [-0.25, -0.2) is 0 Å². The van der Waals surface area contributed by atoms with Gasteiger partial charge in [0.1, 0.15) is 0 Å². The van der Waals surface area contributed by atoms with Crippen molar-refractivity contribution in [2.24, 2.45) is 11.8 Å². The molecule has 1 atom stereocenters. The molecule has 186 valence electrons. The lowest BCUT2D eigenvalue weighted by Crippen LogP contribution is -2.39. The minimum atomic E-state index is -2.30. The first kappa shape index (κ1) is 25.1. The molecule has 1 aliphatic heterocycles. The van der Waals surface area contributed by atoms with Crippen LogP contribution in [-0.4, -0.2) is 39.0 Å². The third kappa shape index (κ3) is 5.47. The van der Waals surface area contributed by atoms with Crippen molar-refractivity contribution in [3.05, 3.63) is 41.1 Å². The summed E-state index contributed by atoms with van der Waals surface area (Å²) in [7, 11) is 0. The van der Waals surface area contributed by atoms with E-state index in [1.807, 2.05) is 45.9 Å². The summed E-state index contributed by atoms with van der Waals surface area (Å²) in [6.07, 6.45) is 6.24. The number of ether oxygens (including phenoxy) is 1. The van der Waals surface area contributed by atoms with Gasteiger partial charge in [0, 0.05) is 35.3 Å². The van der Waals surface area contributed by atoms with Gasteiger partial charge in [0.05, 0.1) is 18.8 Å². The van der Waals surface area contributed by atoms with Gasteiger partial charge in [-0.05, 0) is 71.5 Å². The maximum absolute atomic E-state index is 13.1. The Morgan fingerprint density at radius 3 is 2.44 bits per heavy atom. The van der Waals surface area contributed by atoms with Crippen LogP contribution in [0.5, 0.6) is 0 Å². The maximum Gasteiger partial charge on any atom is 0.253 e. The molecule has 2 aromatic rings. The third-order valence-corrected chi connectivity index (χ3v) is 8.01. The fourth-order valence-electron chi connectivity index (χ4n) is 5.13. The zero-order chi connectivity index (χ0) is 24.5. The minimum Gasteiger partial charge on any atom is -0.768 e. The van der Waals surface area contributed by atoms with E-state index in [0.717, 1.165) is 29.1 Å². The van der Waals surface area contributed by atoms with Gasteiger partial charge in [0.15, 0.2) is 0 Å². The number of carbonyl (C=O) groups excluding carboxylic acids is 1. The summed E-state index contributed by atoms with van der Waals surface area (Å²) in [4.78, 5) is 13.5. The number of carbonyl (C=O) groups is 1. The predicted octanol–water partition coefficient (Wildman–Crippen LogP) is 4.96. The molecular formula is C27H37N2O4S-. The normalized spacial score (nSPS) is 18.5. The zero-order valence-corrected chi connectivity index (χ0v) is 21.6.